The van der Waals surface area contributed by atoms with Crippen molar-refractivity contribution in [3.8, 4) is 11.4 Å². The molecule has 0 unspecified atom stereocenters. The number of benzene rings is 1. The van der Waals surface area contributed by atoms with Crippen LogP contribution in [0.25, 0.3) is 11.4 Å². The summed E-state index contributed by atoms with van der Waals surface area (Å²) in [7, 11) is 0. The van der Waals surface area contributed by atoms with Crippen molar-refractivity contribution in [2.45, 2.75) is 70.0 Å². The van der Waals surface area contributed by atoms with Gasteiger partial charge in [0.2, 0.25) is 5.82 Å². The SMILES string of the molecule is NC(N)=[N+]1CCC[C@H]1c1nc(-c2ccc(CCC3CCCCC3)c(C(F)(F)F)c2)no1. The van der Waals surface area contributed by atoms with Gasteiger partial charge in [0, 0.05) is 5.56 Å². The number of nitrogens with two attached hydrogens (primary N) is 2. The standard InChI is InChI=1S/C22H28F3N5O/c23-22(24,25)17-13-16(11-10-15(17)9-8-14-5-2-1-3-6-14)19-28-20(31-29-19)18-7-4-12-30(18)21(26)27/h10-11,13-14,18H,1-9,12H2,(H3,26,27)/p+1/t18-/m0/s1. The number of hydrogen-bond donors (Lipinski definition) is 2. The average Bonchev–Trinajstić information content (AvgIpc) is 3.42. The molecule has 2 fully saturated rings. The molecular formula is C22H29F3N5O+. The highest BCUT2D eigenvalue weighted by molar-refractivity contribution is 5.70. The van der Waals surface area contributed by atoms with Crippen LogP contribution >= 0.6 is 0 Å². The fourth-order valence-corrected chi connectivity index (χ4v) is 4.85. The molecular weight excluding hydrogens is 407 g/mol. The van der Waals surface area contributed by atoms with Crippen LogP contribution in [0.4, 0.5) is 13.2 Å². The highest BCUT2D eigenvalue weighted by atomic mass is 19.4. The van der Waals surface area contributed by atoms with E-state index in [1.807, 2.05) is 0 Å². The Morgan fingerprint density at radius 2 is 1.87 bits per heavy atom. The lowest BCUT2D eigenvalue weighted by Crippen LogP contribution is -2.35. The Balaban J connectivity index is 1.57. The van der Waals surface area contributed by atoms with E-state index in [2.05, 4.69) is 10.1 Å². The topological polar surface area (TPSA) is 94.0 Å². The molecule has 2 aliphatic rings. The lowest BCUT2D eigenvalue weighted by Gasteiger charge is -2.22. The fraction of sp³-hybridized carbons (Fsp3) is 0.591. The molecule has 1 saturated heterocycles. The van der Waals surface area contributed by atoms with Gasteiger partial charge in [0.25, 0.3) is 5.89 Å². The molecule has 0 radical (unpaired) electrons. The van der Waals surface area contributed by atoms with Crippen molar-refractivity contribution < 1.29 is 22.3 Å². The van der Waals surface area contributed by atoms with E-state index in [0.717, 1.165) is 38.2 Å². The summed E-state index contributed by atoms with van der Waals surface area (Å²) in [5.41, 5.74) is 11.4. The van der Waals surface area contributed by atoms with Gasteiger partial charge in [-0.3, -0.25) is 16.0 Å². The zero-order valence-electron chi connectivity index (χ0n) is 17.5. The Hall–Kier alpha value is -2.58. The van der Waals surface area contributed by atoms with Crippen LogP contribution in [-0.2, 0) is 12.6 Å². The maximum atomic E-state index is 13.8. The third-order valence-electron chi connectivity index (χ3n) is 6.53. The van der Waals surface area contributed by atoms with E-state index in [1.54, 1.807) is 16.7 Å². The first-order valence-corrected chi connectivity index (χ1v) is 11.0. The second kappa shape index (κ2) is 8.88. The Morgan fingerprint density at radius 3 is 2.58 bits per heavy atom. The summed E-state index contributed by atoms with van der Waals surface area (Å²) in [4.78, 5) is 4.36. The molecule has 4 N–H and O–H groups in total. The van der Waals surface area contributed by atoms with Crippen molar-refractivity contribution in [2.75, 3.05) is 6.54 Å². The first kappa shape index (κ1) is 21.6. The number of aryl methyl sites for hydroxylation is 1. The van der Waals surface area contributed by atoms with Gasteiger partial charge in [0.1, 0.15) is 0 Å². The maximum absolute atomic E-state index is 13.8. The van der Waals surface area contributed by atoms with Gasteiger partial charge in [-0.2, -0.15) is 18.2 Å². The third-order valence-corrected chi connectivity index (χ3v) is 6.53. The molecule has 0 bridgehead atoms. The van der Waals surface area contributed by atoms with Crippen molar-refractivity contribution >= 4 is 5.96 Å². The molecule has 4 rings (SSSR count). The van der Waals surface area contributed by atoms with Crippen LogP contribution in [0.5, 0.6) is 0 Å². The molecule has 1 aliphatic heterocycles. The zero-order chi connectivity index (χ0) is 22.0. The van der Waals surface area contributed by atoms with Crippen LogP contribution in [0.3, 0.4) is 0 Å². The van der Waals surface area contributed by atoms with E-state index < -0.39 is 11.7 Å². The van der Waals surface area contributed by atoms with Crippen molar-refractivity contribution in [1.82, 2.24) is 10.1 Å². The predicted molar refractivity (Wildman–Crippen MR) is 110 cm³/mol. The minimum absolute atomic E-state index is 0.141. The molecule has 2 heterocycles. The minimum Gasteiger partial charge on any atom is -0.335 e. The summed E-state index contributed by atoms with van der Waals surface area (Å²) in [6.07, 6.45) is 4.24. The molecule has 2 aromatic rings. The van der Waals surface area contributed by atoms with E-state index in [-0.39, 0.29) is 23.4 Å². The fourth-order valence-electron chi connectivity index (χ4n) is 4.85. The summed E-state index contributed by atoms with van der Waals surface area (Å²) in [6.45, 7) is 0.679. The lowest BCUT2D eigenvalue weighted by molar-refractivity contribution is -0.555. The van der Waals surface area contributed by atoms with Gasteiger partial charge in [-0.1, -0.05) is 49.4 Å². The summed E-state index contributed by atoms with van der Waals surface area (Å²) in [5.74, 6) is 1.15. The number of nitrogens with zero attached hydrogens (tertiary/aromatic N) is 3. The molecule has 6 nitrogen and oxygen atoms in total. The summed E-state index contributed by atoms with van der Waals surface area (Å²) in [6, 6.07) is 4.10. The number of guanidine groups is 1. The first-order chi connectivity index (χ1) is 14.8. The van der Waals surface area contributed by atoms with E-state index >= 15 is 0 Å². The van der Waals surface area contributed by atoms with Gasteiger partial charge in [0.15, 0.2) is 6.04 Å². The lowest BCUT2D eigenvalue weighted by atomic mass is 9.84. The van der Waals surface area contributed by atoms with Crippen LogP contribution in [0, 0.1) is 5.92 Å². The number of hydrogen-bond acceptors (Lipinski definition) is 3. The average molecular weight is 437 g/mol. The van der Waals surface area contributed by atoms with Gasteiger partial charge in [-0.15, -0.1) is 0 Å². The summed E-state index contributed by atoms with van der Waals surface area (Å²) < 4.78 is 48.5. The van der Waals surface area contributed by atoms with Crippen molar-refractivity contribution in [3.63, 3.8) is 0 Å². The first-order valence-electron chi connectivity index (χ1n) is 11.0. The highest BCUT2D eigenvalue weighted by Crippen LogP contribution is 2.37. The Labute approximate surface area is 179 Å². The van der Waals surface area contributed by atoms with E-state index in [1.165, 1.54) is 19.3 Å². The van der Waals surface area contributed by atoms with Gasteiger partial charge >= 0.3 is 12.1 Å². The van der Waals surface area contributed by atoms with Crippen LogP contribution in [0.2, 0.25) is 0 Å². The Bertz CT molecular complexity index is 943. The van der Waals surface area contributed by atoms with Gasteiger partial charge in [-0.05, 0) is 43.2 Å². The number of halogens is 3. The summed E-state index contributed by atoms with van der Waals surface area (Å²) >= 11 is 0. The Kier molecular flexibility index (Phi) is 6.20. The monoisotopic (exact) mass is 436 g/mol. The van der Waals surface area contributed by atoms with Crippen molar-refractivity contribution in [1.29, 1.82) is 0 Å². The van der Waals surface area contributed by atoms with E-state index in [9.17, 15) is 13.2 Å². The molecule has 1 atom stereocenters. The van der Waals surface area contributed by atoms with Crippen LogP contribution in [0.15, 0.2) is 22.7 Å². The number of rotatable bonds is 5. The van der Waals surface area contributed by atoms with E-state index in [4.69, 9.17) is 16.0 Å². The minimum atomic E-state index is -4.43. The Morgan fingerprint density at radius 1 is 1.10 bits per heavy atom. The molecule has 1 saturated carbocycles. The van der Waals surface area contributed by atoms with Gasteiger partial charge in [-0.25, -0.2) is 0 Å². The van der Waals surface area contributed by atoms with Crippen LogP contribution in [-0.4, -0.2) is 27.2 Å². The largest absolute Gasteiger partial charge is 0.416 e. The van der Waals surface area contributed by atoms with Crippen LogP contribution in [0.1, 0.15) is 74.4 Å². The quantitative estimate of drug-likeness (QED) is 0.536. The van der Waals surface area contributed by atoms with E-state index in [0.29, 0.717) is 30.3 Å². The predicted octanol–water partition coefficient (Wildman–Crippen LogP) is 4.39. The van der Waals surface area contributed by atoms with Gasteiger partial charge in [0.05, 0.1) is 12.1 Å². The molecule has 168 valence electrons. The normalized spacial score (nSPS) is 20.4. The maximum Gasteiger partial charge on any atom is 0.416 e. The third kappa shape index (κ3) is 4.85. The molecule has 31 heavy (non-hydrogen) atoms. The molecule has 1 aliphatic carbocycles. The zero-order valence-corrected chi connectivity index (χ0v) is 17.5. The second-order valence-electron chi connectivity index (χ2n) is 8.64. The second-order valence-corrected chi connectivity index (χ2v) is 8.64. The molecule has 9 heteroatoms. The number of aromatic nitrogens is 2. The highest BCUT2D eigenvalue weighted by Gasteiger charge is 2.35. The van der Waals surface area contributed by atoms with Crippen LogP contribution < -0.4 is 11.5 Å². The summed E-state index contributed by atoms with van der Waals surface area (Å²) in [5, 5.41) is 3.93. The van der Waals surface area contributed by atoms with Gasteiger partial charge < -0.3 is 4.52 Å². The van der Waals surface area contributed by atoms with Crippen molar-refractivity contribution in [2.24, 2.45) is 17.4 Å². The van der Waals surface area contributed by atoms with Crippen molar-refractivity contribution in [3.05, 3.63) is 35.2 Å². The molecule has 1 aromatic heterocycles. The molecule has 1 aromatic carbocycles. The number of alkyl halides is 3. The molecule has 0 amide bonds. The molecule has 0 spiro atoms. The smallest absolute Gasteiger partial charge is 0.335 e.